The molecule has 0 unspecified atom stereocenters. The number of para-hydroxylation sites is 2. The summed E-state index contributed by atoms with van der Waals surface area (Å²) in [4.78, 5) is 12.2. The maximum atomic E-state index is 13.2. The summed E-state index contributed by atoms with van der Waals surface area (Å²) in [7, 11) is -2.67. The highest BCUT2D eigenvalue weighted by molar-refractivity contribution is 7.92. The summed E-state index contributed by atoms with van der Waals surface area (Å²) in [5.41, 5.74) is 0.241. The molecule has 0 atom stereocenters. The van der Waals surface area contributed by atoms with Crippen LogP contribution in [0.25, 0.3) is 0 Å². The van der Waals surface area contributed by atoms with E-state index in [1.165, 1.54) is 19.2 Å². The van der Waals surface area contributed by atoms with Gasteiger partial charge in [-0.25, -0.2) is 12.8 Å². The normalized spacial score (nSPS) is 13.9. The Morgan fingerprint density at radius 3 is 2.46 bits per heavy atom. The van der Waals surface area contributed by atoms with Crippen molar-refractivity contribution in [2.75, 3.05) is 18.0 Å². The first kappa shape index (κ1) is 18.2. The van der Waals surface area contributed by atoms with Gasteiger partial charge in [-0.3, -0.25) is 9.10 Å². The van der Waals surface area contributed by atoms with Crippen LogP contribution in [0.4, 0.5) is 10.1 Å². The molecule has 0 heterocycles. The van der Waals surface area contributed by atoms with E-state index in [0.717, 1.165) is 29.3 Å². The molecule has 1 aliphatic carbocycles. The van der Waals surface area contributed by atoms with Crippen molar-refractivity contribution in [2.45, 2.75) is 23.8 Å². The minimum absolute atomic E-state index is 0.107. The van der Waals surface area contributed by atoms with Crippen LogP contribution < -0.4 is 14.4 Å². The molecule has 1 N–H and O–H groups in total. The van der Waals surface area contributed by atoms with Gasteiger partial charge in [-0.2, -0.15) is 0 Å². The van der Waals surface area contributed by atoms with Gasteiger partial charge in [0, 0.05) is 6.04 Å². The summed E-state index contributed by atoms with van der Waals surface area (Å²) in [6.45, 7) is -0.392. The Hall–Kier alpha value is -2.61. The van der Waals surface area contributed by atoms with E-state index >= 15 is 0 Å². The third-order valence-electron chi connectivity index (χ3n) is 3.99. The summed E-state index contributed by atoms with van der Waals surface area (Å²) < 4.78 is 45.7. The van der Waals surface area contributed by atoms with E-state index in [9.17, 15) is 17.6 Å². The first-order valence-electron chi connectivity index (χ1n) is 8.12. The van der Waals surface area contributed by atoms with E-state index < -0.39 is 28.3 Å². The Morgan fingerprint density at radius 2 is 1.85 bits per heavy atom. The van der Waals surface area contributed by atoms with Gasteiger partial charge in [0.15, 0.2) is 0 Å². The topological polar surface area (TPSA) is 75.7 Å². The number of halogens is 1. The lowest BCUT2D eigenvalue weighted by Gasteiger charge is -2.25. The third kappa shape index (κ3) is 3.96. The molecule has 0 aliphatic heterocycles. The second kappa shape index (κ2) is 7.33. The van der Waals surface area contributed by atoms with Crippen LogP contribution in [0.5, 0.6) is 5.75 Å². The van der Waals surface area contributed by atoms with Crippen molar-refractivity contribution >= 4 is 21.6 Å². The van der Waals surface area contributed by atoms with Gasteiger partial charge >= 0.3 is 0 Å². The van der Waals surface area contributed by atoms with Gasteiger partial charge in [-0.15, -0.1) is 0 Å². The minimum Gasteiger partial charge on any atom is -0.495 e. The molecule has 2 aromatic rings. The number of anilines is 1. The number of benzene rings is 2. The first-order chi connectivity index (χ1) is 12.4. The Kier molecular flexibility index (Phi) is 5.13. The predicted molar refractivity (Wildman–Crippen MR) is 95.1 cm³/mol. The van der Waals surface area contributed by atoms with E-state index in [2.05, 4.69) is 5.32 Å². The van der Waals surface area contributed by atoms with Crippen molar-refractivity contribution in [3.05, 3.63) is 54.3 Å². The molecule has 0 radical (unpaired) electrons. The van der Waals surface area contributed by atoms with Crippen LogP contribution in [0, 0.1) is 5.82 Å². The number of ether oxygens (including phenoxy) is 1. The van der Waals surface area contributed by atoms with Gasteiger partial charge < -0.3 is 10.1 Å². The molecule has 2 aromatic carbocycles. The Morgan fingerprint density at radius 1 is 1.19 bits per heavy atom. The first-order valence-corrected chi connectivity index (χ1v) is 9.56. The quantitative estimate of drug-likeness (QED) is 0.802. The van der Waals surface area contributed by atoms with Gasteiger partial charge in [0.1, 0.15) is 18.1 Å². The van der Waals surface area contributed by atoms with Gasteiger partial charge in [-0.05, 0) is 49.2 Å². The molecule has 1 fully saturated rings. The fraction of sp³-hybridized carbons (Fsp3) is 0.278. The Balaban J connectivity index is 2.01. The molecule has 0 bridgehead atoms. The molecule has 1 amide bonds. The van der Waals surface area contributed by atoms with E-state index in [-0.39, 0.29) is 16.6 Å². The van der Waals surface area contributed by atoms with Crippen LogP contribution in [-0.4, -0.2) is 34.0 Å². The van der Waals surface area contributed by atoms with Gasteiger partial charge in [0.05, 0.1) is 17.7 Å². The lowest BCUT2D eigenvalue weighted by molar-refractivity contribution is -0.119. The van der Waals surface area contributed by atoms with E-state index in [4.69, 9.17) is 4.74 Å². The van der Waals surface area contributed by atoms with Crippen molar-refractivity contribution in [1.29, 1.82) is 0 Å². The molecule has 26 heavy (non-hydrogen) atoms. The zero-order chi connectivity index (χ0) is 18.7. The molecule has 0 saturated heterocycles. The van der Waals surface area contributed by atoms with Crippen molar-refractivity contribution in [3.8, 4) is 5.75 Å². The molecule has 0 aromatic heterocycles. The molecule has 138 valence electrons. The van der Waals surface area contributed by atoms with Gasteiger partial charge in [-0.1, -0.05) is 12.1 Å². The number of rotatable bonds is 7. The lowest BCUT2D eigenvalue weighted by atomic mass is 10.3. The highest BCUT2D eigenvalue weighted by Crippen LogP contribution is 2.32. The minimum atomic E-state index is -4.09. The molecular weight excluding hydrogens is 359 g/mol. The molecule has 1 aliphatic rings. The van der Waals surface area contributed by atoms with Crippen LogP contribution in [0.1, 0.15) is 12.8 Å². The predicted octanol–water partition coefficient (Wildman–Crippen LogP) is 2.31. The van der Waals surface area contributed by atoms with Crippen LogP contribution in [-0.2, 0) is 14.8 Å². The van der Waals surface area contributed by atoms with Crippen LogP contribution in [0.15, 0.2) is 53.4 Å². The second-order valence-corrected chi connectivity index (χ2v) is 7.84. The standard InChI is InChI=1S/C18H19FN2O4S/c1-25-17-5-3-2-4-16(17)21(12-18(22)20-14-8-9-14)26(23,24)15-10-6-13(19)7-11-15/h2-7,10-11,14H,8-9,12H2,1H3,(H,20,22). The van der Waals surface area contributed by atoms with E-state index in [1.54, 1.807) is 24.3 Å². The summed E-state index contributed by atoms with van der Waals surface area (Å²) in [5, 5.41) is 2.78. The fourth-order valence-corrected chi connectivity index (χ4v) is 3.93. The van der Waals surface area contributed by atoms with Crippen molar-refractivity contribution < 1.29 is 22.3 Å². The zero-order valence-electron chi connectivity index (χ0n) is 14.2. The highest BCUT2D eigenvalue weighted by atomic mass is 32.2. The van der Waals surface area contributed by atoms with Crippen molar-refractivity contribution in [3.63, 3.8) is 0 Å². The SMILES string of the molecule is COc1ccccc1N(CC(=O)NC1CC1)S(=O)(=O)c1ccc(F)cc1. The highest BCUT2D eigenvalue weighted by Gasteiger charge is 2.31. The number of nitrogens with zero attached hydrogens (tertiary/aromatic N) is 1. The molecule has 8 heteroatoms. The van der Waals surface area contributed by atoms with Gasteiger partial charge in [0.25, 0.3) is 10.0 Å². The summed E-state index contributed by atoms with van der Waals surface area (Å²) >= 11 is 0. The number of carbonyl (C=O) groups excluding carboxylic acids is 1. The molecule has 0 spiro atoms. The summed E-state index contributed by atoms with van der Waals surface area (Å²) in [6.07, 6.45) is 1.79. The fourth-order valence-electron chi connectivity index (χ4n) is 2.50. The number of carbonyl (C=O) groups is 1. The molecular formula is C18H19FN2O4S. The maximum Gasteiger partial charge on any atom is 0.264 e. The average Bonchev–Trinajstić information content (AvgIpc) is 3.44. The summed E-state index contributed by atoms with van der Waals surface area (Å²) in [6, 6.07) is 11.1. The zero-order valence-corrected chi connectivity index (χ0v) is 15.0. The number of nitrogens with one attached hydrogen (secondary N) is 1. The number of hydrogen-bond donors (Lipinski definition) is 1. The van der Waals surface area contributed by atoms with E-state index in [0.29, 0.717) is 5.75 Å². The smallest absolute Gasteiger partial charge is 0.264 e. The third-order valence-corrected chi connectivity index (χ3v) is 5.76. The number of sulfonamides is 1. The molecule has 1 saturated carbocycles. The van der Waals surface area contributed by atoms with Crippen LogP contribution >= 0.6 is 0 Å². The van der Waals surface area contributed by atoms with Crippen molar-refractivity contribution in [1.82, 2.24) is 5.32 Å². The number of hydrogen-bond acceptors (Lipinski definition) is 4. The van der Waals surface area contributed by atoms with Crippen LogP contribution in [0.2, 0.25) is 0 Å². The summed E-state index contributed by atoms with van der Waals surface area (Å²) in [5.74, 6) is -0.624. The van der Waals surface area contributed by atoms with Crippen LogP contribution in [0.3, 0.4) is 0 Å². The average molecular weight is 378 g/mol. The lowest BCUT2D eigenvalue weighted by Crippen LogP contribution is -2.41. The number of methoxy groups -OCH3 is 1. The Bertz CT molecular complexity index is 896. The van der Waals surface area contributed by atoms with Crippen molar-refractivity contribution in [2.24, 2.45) is 0 Å². The second-order valence-electron chi connectivity index (χ2n) is 5.98. The largest absolute Gasteiger partial charge is 0.495 e. The molecule has 3 rings (SSSR count). The monoisotopic (exact) mass is 378 g/mol. The van der Waals surface area contributed by atoms with Gasteiger partial charge in [0.2, 0.25) is 5.91 Å². The maximum absolute atomic E-state index is 13.2. The van der Waals surface area contributed by atoms with E-state index in [1.807, 2.05) is 0 Å². The Labute approximate surface area is 151 Å². The number of amides is 1. The molecule has 6 nitrogen and oxygen atoms in total.